The van der Waals surface area contributed by atoms with Crippen LogP contribution in [0.5, 0.6) is 0 Å². The molecule has 1 unspecified atom stereocenters. The second-order valence-electron chi connectivity index (χ2n) is 7.41. The quantitative estimate of drug-likeness (QED) is 0.457. The molecule has 3 aromatic rings. The molecular formula is C22H19BrN2O3. The summed E-state index contributed by atoms with van der Waals surface area (Å²) in [5.74, 6) is -0.825. The second kappa shape index (κ2) is 6.41. The SMILES string of the molecule is CN1C(=O)c2c(n(C)c3ccccc23)C(C)(CC(=O)c2ccc(Br)cc2)C1=O. The number of ketones is 1. The highest BCUT2D eigenvalue weighted by Crippen LogP contribution is 2.42. The molecule has 0 spiro atoms. The second-order valence-corrected chi connectivity index (χ2v) is 8.32. The standard InChI is InChI=1S/C22H19BrN2O3/c1-22(12-17(26)13-8-10-14(23)11-9-13)19-18(20(27)25(3)21(22)28)15-6-4-5-7-16(15)24(19)2/h4-11H,12H2,1-3H3. The number of imide groups is 1. The number of carbonyl (C=O) groups excluding carboxylic acids is 3. The summed E-state index contributed by atoms with van der Waals surface area (Å²) in [6.45, 7) is 1.76. The van der Waals surface area contributed by atoms with E-state index in [0.717, 1.165) is 20.3 Å². The molecule has 0 radical (unpaired) electrons. The molecule has 6 heteroatoms. The molecule has 1 aliphatic rings. The monoisotopic (exact) mass is 438 g/mol. The van der Waals surface area contributed by atoms with Crippen LogP contribution in [-0.2, 0) is 17.3 Å². The Morgan fingerprint density at radius 1 is 1.04 bits per heavy atom. The summed E-state index contributed by atoms with van der Waals surface area (Å²) >= 11 is 3.37. The van der Waals surface area contributed by atoms with Gasteiger partial charge in [0.05, 0.1) is 11.0 Å². The van der Waals surface area contributed by atoms with E-state index in [-0.39, 0.29) is 24.0 Å². The highest BCUT2D eigenvalue weighted by atomic mass is 79.9. The van der Waals surface area contributed by atoms with Crippen LogP contribution in [0.3, 0.4) is 0 Å². The van der Waals surface area contributed by atoms with Crippen LogP contribution in [0.1, 0.15) is 39.8 Å². The zero-order valence-corrected chi connectivity index (χ0v) is 17.4. The molecule has 1 aliphatic heterocycles. The Morgan fingerprint density at radius 3 is 2.36 bits per heavy atom. The summed E-state index contributed by atoms with van der Waals surface area (Å²) in [4.78, 5) is 40.3. The number of hydrogen-bond acceptors (Lipinski definition) is 3. The van der Waals surface area contributed by atoms with E-state index < -0.39 is 5.41 Å². The maximum absolute atomic E-state index is 13.2. The van der Waals surface area contributed by atoms with Crippen molar-refractivity contribution in [2.45, 2.75) is 18.8 Å². The number of aryl methyl sites for hydroxylation is 1. The molecule has 2 aromatic carbocycles. The van der Waals surface area contributed by atoms with Crippen molar-refractivity contribution < 1.29 is 14.4 Å². The number of aromatic nitrogens is 1. The number of rotatable bonds is 3. The van der Waals surface area contributed by atoms with Gasteiger partial charge in [-0.15, -0.1) is 0 Å². The highest BCUT2D eigenvalue weighted by Gasteiger charge is 2.50. The third kappa shape index (κ3) is 2.55. The summed E-state index contributed by atoms with van der Waals surface area (Å²) in [5, 5.41) is 0.798. The van der Waals surface area contributed by atoms with Crippen LogP contribution >= 0.6 is 15.9 Å². The number of hydrogen-bond donors (Lipinski definition) is 0. The van der Waals surface area contributed by atoms with E-state index in [9.17, 15) is 14.4 Å². The van der Waals surface area contributed by atoms with Gasteiger partial charge in [0, 0.05) is 47.1 Å². The van der Waals surface area contributed by atoms with Gasteiger partial charge in [-0.3, -0.25) is 19.3 Å². The Hall–Kier alpha value is -2.73. The summed E-state index contributed by atoms with van der Waals surface area (Å²) < 4.78 is 2.76. The van der Waals surface area contributed by atoms with E-state index in [1.165, 1.54) is 7.05 Å². The maximum Gasteiger partial charge on any atom is 0.262 e. The Morgan fingerprint density at radius 2 is 1.68 bits per heavy atom. The molecule has 1 aromatic heterocycles. The van der Waals surface area contributed by atoms with Crippen molar-refractivity contribution in [3.8, 4) is 0 Å². The molecule has 0 bridgehead atoms. The lowest BCUT2D eigenvalue weighted by molar-refractivity contribution is -0.133. The van der Waals surface area contributed by atoms with Gasteiger partial charge < -0.3 is 4.57 Å². The number of benzene rings is 2. The van der Waals surface area contributed by atoms with E-state index in [4.69, 9.17) is 0 Å². The molecule has 142 valence electrons. The van der Waals surface area contributed by atoms with E-state index in [0.29, 0.717) is 16.8 Å². The van der Waals surface area contributed by atoms with Crippen LogP contribution in [0.25, 0.3) is 10.9 Å². The van der Waals surface area contributed by atoms with E-state index >= 15 is 0 Å². The van der Waals surface area contributed by atoms with E-state index in [1.807, 2.05) is 35.9 Å². The fraction of sp³-hybridized carbons (Fsp3) is 0.227. The molecule has 4 rings (SSSR count). The molecule has 5 nitrogen and oxygen atoms in total. The fourth-order valence-corrected chi connectivity index (χ4v) is 4.47. The van der Waals surface area contributed by atoms with Crippen molar-refractivity contribution in [2.75, 3.05) is 7.05 Å². The lowest BCUT2D eigenvalue weighted by atomic mass is 9.75. The predicted molar refractivity (Wildman–Crippen MR) is 110 cm³/mol. The number of para-hydroxylation sites is 1. The van der Waals surface area contributed by atoms with Crippen molar-refractivity contribution in [3.05, 3.63) is 69.8 Å². The summed E-state index contributed by atoms with van der Waals surface area (Å²) in [6, 6.07) is 14.6. The molecule has 0 N–H and O–H groups in total. The third-order valence-corrected chi connectivity index (χ3v) is 6.13. The van der Waals surface area contributed by atoms with Gasteiger partial charge in [0.1, 0.15) is 0 Å². The summed E-state index contributed by atoms with van der Waals surface area (Å²) in [6.07, 6.45) is -0.0117. The number of fused-ring (bicyclic) bond motifs is 3. The highest BCUT2D eigenvalue weighted by molar-refractivity contribution is 9.10. The van der Waals surface area contributed by atoms with Gasteiger partial charge >= 0.3 is 0 Å². The number of halogens is 1. The molecule has 2 amide bonds. The van der Waals surface area contributed by atoms with Gasteiger partial charge in [0.15, 0.2) is 5.78 Å². The topological polar surface area (TPSA) is 59.4 Å². The van der Waals surface area contributed by atoms with Crippen LogP contribution < -0.4 is 0 Å². The Balaban J connectivity index is 1.90. The van der Waals surface area contributed by atoms with Gasteiger partial charge in [-0.2, -0.15) is 0 Å². The molecule has 0 aliphatic carbocycles. The van der Waals surface area contributed by atoms with Gasteiger partial charge in [0.2, 0.25) is 5.91 Å². The lowest BCUT2D eigenvalue weighted by Gasteiger charge is -2.37. The molecular weight excluding hydrogens is 420 g/mol. The van der Waals surface area contributed by atoms with Crippen LogP contribution in [0, 0.1) is 0 Å². The van der Waals surface area contributed by atoms with E-state index in [2.05, 4.69) is 15.9 Å². The number of amides is 2. The summed E-state index contributed by atoms with van der Waals surface area (Å²) in [5.41, 5.74) is 1.39. The van der Waals surface area contributed by atoms with Crippen LogP contribution in [0.4, 0.5) is 0 Å². The molecule has 2 heterocycles. The molecule has 0 saturated heterocycles. The van der Waals surface area contributed by atoms with Gasteiger partial charge in [-0.25, -0.2) is 0 Å². The average Bonchev–Trinajstić information content (AvgIpc) is 2.99. The maximum atomic E-state index is 13.2. The average molecular weight is 439 g/mol. The van der Waals surface area contributed by atoms with Crippen molar-refractivity contribution in [3.63, 3.8) is 0 Å². The third-order valence-electron chi connectivity index (χ3n) is 5.61. The van der Waals surface area contributed by atoms with Gasteiger partial charge in [-0.05, 0) is 25.1 Å². The van der Waals surface area contributed by atoms with Crippen molar-refractivity contribution in [1.29, 1.82) is 0 Å². The first-order chi connectivity index (χ1) is 13.3. The van der Waals surface area contributed by atoms with Crippen LogP contribution in [0.2, 0.25) is 0 Å². The largest absolute Gasteiger partial charge is 0.346 e. The minimum absolute atomic E-state index is 0.0117. The number of carbonyl (C=O) groups is 3. The zero-order valence-electron chi connectivity index (χ0n) is 15.8. The Kier molecular flexibility index (Phi) is 4.27. The first-order valence-corrected chi connectivity index (χ1v) is 9.74. The van der Waals surface area contributed by atoms with Crippen molar-refractivity contribution >= 4 is 44.4 Å². The lowest BCUT2D eigenvalue weighted by Crippen LogP contribution is -2.52. The minimum atomic E-state index is -1.13. The van der Waals surface area contributed by atoms with Crippen molar-refractivity contribution in [1.82, 2.24) is 9.47 Å². The fourth-order valence-electron chi connectivity index (χ4n) is 4.21. The molecule has 0 saturated carbocycles. The Labute approximate surface area is 171 Å². The van der Waals surface area contributed by atoms with Gasteiger partial charge in [-0.1, -0.05) is 46.3 Å². The Bertz CT molecular complexity index is 1150. The first kappa shape index (κ1) is 18.6. The smallest absolute Gasteiger partial charge is 0.262 e. The molecule has 0 fully saturated rings. The van der Waals surface area contributed by atoms with Gasteiger partial charge in [0.25, 0.3) is 5.91 Å². The van der Waals surface area contributed by atoms with Crippen LogP contribution in [0.15, 0.2) is 53.0 Å². The summed E-state index contributed by atoms with van der Waals surface area (Å²) in [7, 11) is 3.33. The number of likely N-dealkylation sites (N-methyl/N-ethyl adjacent to an activating group) is 1. The predicted octanol–water partition coefficient (Wildman–Crippen LogP) is 4.08. The zero-order chi connectivity index (χ0) is 20.2. The molecule has 28 heavy (non-hydrogen) atoms. The normalized spacial score (nSPS) is 19.2. The molecule has 1 atom stereocenters. The van der Waals surface area contributed by atoms with Crippen molar-refractivity contribution in [2.24, 2.45) is 7.05 Å². The number of nitrogens with zero attached hydrogens (tertiary/aromatic N) is 2. The van der Waals surface area contributed by atoms with E-state index in [1.54, 1.807) is 31.2 Å². The first-order valence-electron chi connectivity index (χ1n) is 8.95. The van der Waals surface area contributed by atoms with Crippen LogP contribution in [-0.4, -0.2) is 34.1 Å². The number of Topliss-reactive ketones (excluding diaryl/α,β-unsaturated/α-hetero) is 1. The minimum Gasteiger partial charge on any atom is -0.346 e.